The number of benzene rings is 1. The number of aromatic amines is 1. The zero-order valence-electron chi connectivity index (χ0n) is 12.0. The number of ether oxygens (including phenoxy) is 1. The number of hydrogen-bond acceptors (Lipinski definition) is 4. The van der Waals surface area contributed by atoms with Crippen LogP contribution in [0.3, 0.4) is 0 Å². The van der Waals surface area contributed by atoms with Crippen LogP contribution < -0.4 is 11.1 Å². The first-order valence-electron chi connectivity index (χ1n) is 6.30. The smallest absolute Gasteiger partial charge is 0.335 e. The molecule has 0 aliphatic rings. The second-order valence-corrected chi connectivity index (χ2v) is 5.35. The Bertz CT molecular complexity index is 816. The average molecular weight is 292 g/mol. The molecule has 1 heterocycles. The van der Waals surface area contributed by atoms with Gasteiger partial charge in [0.1, 0.15) is 0 Å². The molecule has 0 saturated carbocycles. The minimum absolute atomic E-state index is 0.0397. The molecule has 0 bridgehead atoms. The summed E-state index contributed by atoms with van der Waals surface area (Å²) in [5, 5.41) is 9.05. The minimum atomic E-state index is -1.10. The van der Waals surface area contributed by atoms with Gasteiger partial charge in [0.15, 0.2) is 0 Å². The number of methoxy groups -OCH3 is 1. The zero-order chi connectivity index (χ0) is 15.8. The van der Waals surface area contributed by atoms with E-state index in [-0.39, 0.29) is 12.1 Å². The van der Waals surface area contributed by atoms with Gasteiger partial charge < -0.3 is 14.8 Å². The van der Waals surface area contributed by atoms with Gasteiger partial charge in [0.05, 0.1) is 28.7 Å². The van der Waals surface area contributed by atoms with Crippen molar-refractivity contribution in [2.75, 3.05) is 7.11 Å². The number of hydrogen-bond donors (Lipinski definition) is 2. The molecule has 7 nitrogen and oxygen atoms in total. The van der Waals surface area contributed by atoms with Crippen molar-refractivity contribution >= 4 is 17.0 Å². The van der Waals surface area contributed by atoms with Crippen LogP contribution in [0.4, 0.5) is 0 Å². The van der Waals surface area contributed by atoms with Gasteiger partial charge in [-0.3, -0.25) is 14.2 Å². The van der Waals surface area contributed by atoms with E-state index < -0.39 is 22.7 Å². The van der Waals surface area contributed by atoms with Gasteiger partial charge in [0.25, 0.3) is 0 Å². The quantitative estimate of drug-likeness (QED) is 0.812. The standard InChI is InChI=1S/C14H16N2O5/c1-14(2,21-3)7-16-10-6-8(13(19)20)4-5-9(10)15-11(17)12(16)18/h4-6H,7H2,1-3H3,(H,15,17)(H,19,20). The molecular formula is C14H16N2O5. The number of H-pyrrole nitrogens is 1. The summed E-state index contributed by atoms with van der Waals surface area (Å²) in [7, 11) is 1.50. The summed E-state index contributed by atoms with van der Waals surface area (Å²) >= 11 is 0. The maximum absolute atomic E-state index is 12.1. The third kappa shape index (κ3) is 2.87. The van der Waals surface area contributed by atoms with E-state index in [1.165, 1.54) is 29.9 Å². The molecule has 2 aromatic rings. The summed E-state index contributed by atoms with van der Waals surface area (Å²) in [5.41, 5.74) is -1.38. The van der Waals surface area contributed by atoms with Gasteiger partial charge in [-0.25, -0.2) is 4.79 Å². The van der Waals surface area contributed by atoms with Gasteiger partial charge in [-0.1, -0.05) is 0 Å². The van der Waals surface area contributed by atoms with Gasteiger partial charge in [-0.2, -0.15) is 0 Å². The molecule has 21 heavy (non-hydrogen) atoms. The fraction of sp³-hybridized carbons (Fsp3) is 0.357. The molecule has 1 aromatic heterocycles. The predicted octanol–water partition coefficient (Wildman–Crippen LogP) is 0.813. The lowest BCUT2D eigenvalue weighted by Gasteiger charge is -2.24. The fourth-order valence-corrected chi connectivity index (χ4v) is 2.00. The molecule has 2 N–H and O–H groups in total. The summed E-state index contributed by atoms with van der Waals surface area (Å²) < 4.78 is 6.51. The van der Waals surface area contributed by atoms with Gasteiger partial charge >= 0.3 is 17.1 Å². The lowest BCUT2D eigenvalue weighted by molar-refractivity contribution is 0.00828. The molecule has 0 aliphatic carbocycles. The number of rotatable bonds is 4. The summed E-state index contributed by atoms with van der Waals surface area (Å²) in [4.78, 5) is 37.3. The number of aromatic nitrogens is 2. The van der Waals surface area contributed by atoms with Crippen molar-refractivity contribution in [2.45, 2.75) is 26.0 Å². The molecule has 0 amide bonds. The van der Waals surface area contributed by atoms with E-state index in [0.29, 0.717) is 11.0 Å². The first-order valence-corrected chi connectivity index (χ1v) is 6.30. The third-order valence-corrected chi connectivity index (χ3v) is 3.31. The van der Waals surface area contributed by atoms with Crippen molar-refractivity contribution in [1.82, 2.24) is 9.55 Å². The van der Waals surface area contributed by atoms with Crippen molar-refractivity contribution in [2.24, 2.45) is 0 Å². The van der Waals surface area contributed by atoms with Gasteiger partial charge in [0, 0.05) is 7.11 Å². The van der Waals surface area contributed by atoms with Crippen LogP contribution >= 0.6 is 0 Å². The number of carbonyl (C=O) groups is 1. The van der Waals surface area contributed by atoms with E-state index in [1.807, 2.05) is 0 Å². The highest BCUT2D eigenvalue weighted by Gasteiger charge is 2.20. The maximum Gasteiger partial charge on any atom is 0.335 e. The second-order valence-electron chi connectivity index (χ2n) is 5.35. The first-order chi connectivity index (χ1) is 9.75. The molecular weight excluding hydrogens is 276 g/mol. The molecule has 0 aliphatic heterocycles. The summed E-state index contributed by atoms with van der Waals surface area (Å²) in [6.45, 7) is 3.67. The molecule has 0 saturated heterocycles. The molecule has 0 atom stereocenters. The average Bonchev–Trinajstić information content (AvgIpc) is 2.43. The van der Waals surface area contributed by atoms with Crippen molar-refractivity contribution in [3.8, 4) is 0 Å². The zero-order valence-corrected chi connectivity index (χ0v) is 12.0. The van der Waals surface area contributed by atoms with Crippen molar-refractivity contribution in [1.29, 1.82) is 0 Å². The van der Waals surface area contributed by atoms with Crippen molar-refractivity contribution in [3.05, 3.63) is 44.5 Å². The molecule has 0 unspecified atom stereocenters. The van der Waals surface area contributed by atoms with Crippen LogP contribution in [0.5, 0.6) is 0 Å². The Balaban J connectivity index is 2.78. The van der Waals surface area contributed by atoms with E-state index in [9.17, 15) is 14.4 Å². The van der Waals surface area contributed by atoms with Crippen LogP contribution in [-0.4, -0.2) is 33.3 Å². The summed E-state index contributed by atoms with van der Waals surface area (Å²) in [6.07, 6.45) is 0. The first kappa shape index (κ1) is 15.0. The normalized spacial score (nSPS) is 11.8. The number of fused-ring (bicyclic) bond motifs is 1. The highest BCUT2D eigenvalue weighted by Crippen LogP contribution is 2.16. The van der Waals surface area contributed by atoms with Crippen LogP contribution in [0.1, 0.15) is 24.2 Å². The van der Waals surface area contributed by atoms with E-state index in [2.05, 4.69) is 4.98 Å². The van der Waals surface area contributed by atoms with Crippen LogP contribution in [-0.2, 0) is 11.3 Å². The van der Waals surface area contributed by atoms with E-state index in [4.69, 9.17) is 9.84 Å². The van der Waals surface area contributed by atoms with E-state index >= 15 is 0 Å². The van der Waals surface area contributed by atoms with Gasteiger partial charge in [-0.05, 0) is 32.0 Å². The topological polar surface area (TPSA) is 101 Å². The monoisotopic (exact) mass is 292 g/mol. The van der Waals surface area contributed by atoms with Crippen LogP contribution in [0.2, 0.25) is 0 Å². The molecule has 1 aromatic carbocycles. The van der Waals surface area contributed by atoms with Crippen LogP contribution in [0.25, 0.3) is 11.0 Å². The van der Waals surface area contributed by atoms with Crippen LogP contribution in [0, 0.1) is 0 Å². The molecule has 112 valence electrons. The Hall–Kier alpha value is -2.41. The SMILES string of the molecule is COC(C)(C)Cn1c(=O)c(=O)[nH]c2ccc(C(=O)O)cc21. The Morgan fingerprint density at radius 1 is 1.38 bits per heavy atom. The highest BCUT2D eigenvalue weighted by molar-refractivity contribution is 5.92. The lowest BCUT2D eigenvalue weighted by Crippen LogP contribution is -2.41. The predicted molar refractivity (Wildman–Crippen MR) is 76.9 cm³/mol. The summed E-state index contributed by atoms with van der Waals surface area (Å²) in [6, 6.07) is 4.20. The second kappa shape index (κ2) is 5.17. The number of carboxylic acids is 1. The Labute approximate surface area is 119 Å². The molecule has 0 fully saturated rings. The highest BCUT2D eigenvalue weighted by atomic mass is 16.5. The fourth-order valence-electron chi connectivity index (χ4n) is 2.00. The Morgan fingerprint density at radius 3 is 2.62 bits per heavy atom. The number of carboxylic acid groups (broad SMARTS) is 1. The largest absolute Gasteiger partial charge is 0.478 e. The lowest BCUT2D eigenvalue weighted by atomic mass is 10.1. The minimum Gasteiger partial charge on any atom is -0.478 e. The number of nitrogens with one attached hydrogen (secondary N) is 1. The molecule has 0 spiro atoms. The Morgan fingerprint density at radius 2 is 2.05 bits per heavy atom. The molecule has 7 heteroatoms. The summed E-state index contributed by atoms with van der Waals surface area (Å²) in [5.74, 6) is -1.10. The van der Waals surface area contributed by atoms with Crippen molar-refractivity contribution < 1.29 is 14.6 Å². The maximum atomic E-state index is 12.1. The Kier molecular flexibility index (Phi) is 3.69. The van der Waals surface area contributed by atoms with Gasteiger partial charge in [-0.15, -0.1) is 0 Å². The molecule has 0 radical (unpaired) electrons. The number of aromatic carboxylic acids is 1. The molecule has 2 rings (SSSR count). The van der Waals surface area contributed by atoms with E-state index in [1.54, 1.807) is 13.8 Å². The van der Waals surface area contributed by atoms with Crippen LogP contribution in [0.15, 0.2) is 27.8 Å². The van der Waals surface area contributed by atoms with E-state index in [0.717, 1.165) is 0 Å². The number of nitrogens with zero attached hydrogens (tertiary/aromatic N) is 1. The van der Waals surface area contributed by atoms with Crippen molar-refractivity contribution in [3.63, 3.8) is 0 Å². The third-order valence-electron chi connectivity index (χ3n) is 3.31. The van der Waals surface area contributed by atoms with Gasteiger partial charge in [0.2, 0.25) is 0 Å².